The third-order valence-corrected chi connectivity index (χ3v) is 4.83. The number of hydrogen-bond acceptors (Lipinski definition) is 3. The van der Waals surface area contributed by atoms with Gasteiger partial charge in [0.25, 0.3) is 0 Å². The minimum absolute atomic E-state index is 0.252. The predicted molar refractivity (Wildman–Crippen MR) is 107 cm³/mol. The molecule has 0 bridgehead atoms. The van der Waals surface area contributed by atoms with Gasteiger partial charge in [-0.2, -0.15) is 13.2 Å². The van der Waals surface area contributed by atoms with Gasteiger partial charge in [0, 0.05) is 57.6 Å². The zero-order valence-electron chi connectivity index (χ0n) is 16.5. The summed E-state index contributed by atoms with van der Waals surface area (Å²) in [5, 5.41) is 14.0. The van der Waals surface area contributed by atoms with Crippen molar-refractivity contribution in [2.45, 2.75) is 31.7 Å². The van der Waals surface area contributed by atoms with Crippen molar-refractivity contribution in [1.29, 1.82) is 0 Å². The molecule has 1 aromatic carbocycles. The number of guanidine groups is 1. The second-order valence-electron chi connectivity index (χ2n) is 6.65. The van der Waals surface area contributed by atoms with E-state index in [0.29, 0.717) is 24.1 Å². The van der Waals surface area contributed by atoms with Crippen LogP contribution in [0, 0.1) is 0 Å². The van der Waals surface area contributed by atoms with Crippen molar-refractivity contribution in [3.05, 3.63) is 53.1 Å². The largest absolute Gasteiger partial charge is 0.424 e. The van der Waals surface area contributed by atoms with Crippen LogP contribution in [0.2, 0.25) is 5.02 Å². The number of alkyl halides is 3. The smallest absolute Gasteiger partial charge is 0.374 e. The van der Waals surface area contributed by atoms with Gasteiger partial charge in [0.1, 0.15) is 5.82 Å². The third-order valence-electron chi connectivity index (χ3n) is 4.46. The Morgan fingerprint density at radius 2 is 2.03 bits per heavy atom. The SMILES string of the molecule is CCNC(=NCCC(O)(c1nccn1C)C(F)(F)F)N(C)Cc1ccccc1Cl. The molecule has 2 aromatic rings. The quantitative estimate of drug-likeness (QED) is 0.521. The first kappa shape index (κ1) is 23.0. The molecule has 0 aliphatic rings. The highest BCUT2D eigenvalue weighted by Crippen LogP contribution is 2.40. The molecular formula is C19H25ClF3N5O. The van der Waals surface area contributed by atoms with Gasteiger partial charge in [-0.1, -0.05) is 29.8 Å². The van der Waals surface area contributed by atoms with Gasteiger partial charge >= 0.3 is 6.18 Å². The van der Waals surface area contributed by atoms with E-state index in [1.54, 1.807) is 18.0 Å². The minimum atomic E-state index is -4.89. The Labute approximate surface area is 173 Å². The molecule has 1 atom stereocenters. The van der Waals surface area contributed by atoms with Gasteiger partial charge in [0.15, 0.2) is 5.96 Å². The number of rotatable bonds is 7. The predicted octanol–water partition coefficient (Wildman–Crippen LogP) is 3.31. The number of nitrogens with one attached hydrogen (secondary N) is 1. The summed E-state index contributed by atoms with van der Waals surface area (Å²) in [6.45, 7) is 2.57. The molecule has 1 heterocycles. The highest BCUT2D eigenvalue weighted by Gasteiger charge is 2.57. The molecule has 0 saturated heterocycles. The Hall–Kier alpha value is -2.26. The second-order valence-corrected chi connectivity index (χ2v) is 7.06. The fourth-order valence-electron chi connectivity index (χ4n) is 2.89. The highest BCUT2D eigenvalue weighted by molar-refractivity contribution is 6.31. The summed E-state index contributed by atoms with van der Waals surface area (Å²) >= 11 is 6.18. The van der Waals surface area contributed by atoms with Crippen LogP contribution >= 0.6 is 11.6 Å². The molecule has 6 nitrogen and oxygen atoms in total. The van der Waals surface area contributed by atoms with Crippen LogP contribution in [0.1, 0.15) is 24.7 Å². The Morgan fingerprint density at radius 1 is 1.34 bits per heavy atom. The first-order valence-electron chi connectivity index (χ1n) is 9.10. The van der Waals surface area contributed by atoms with Gasteiger partial charge in [-0.3, -0.25) is 4.99 Å². The van der Waals surface area contributed by atoms with Crippen LogP contribution < -0.4 is 5.32 Å². The van der Waals surface area contributed by atoms with Gasteiger partial charge < -0.3 is 19.9 Å². The second kappa shape index (κ2) is 9.49. The first-order chi connectivity index (χ1) is 13.6. The lowest BCUT2D eigenvalue weighted by Gasteiger charge is -2.29. The van der Waals surface area contributed by atoms with Crippen LogP contribution in [0.5, 0.6) is 0 Å². The van der Waals surface area contributed by atoms with Gasteiger partial charge in [-0.15, -0.1) is 0 Å². The fourth-order valence-corrected chi connectivity index (χ4v) is 3.09. The number of aliphatic imine (C=N–C) groups is 1. The maximum atomic E-state index is 13.6. The Bertz CT molecular complexity index is 839. The molecule has 2 N–H and O–H groups in total. The van der Waals surface area contributed by atoms with E-state index in [1.807, 2.05) is 25.1 Å². The first-order valence-corrected chi connectivity index (χ1v) is 9.47. The zero-order chi connectivity index (χ0) is 21.7. The number of nitrogens with zero attached hydrogens (tertiary/aromatic N) is 4. The summed E-state index contributed by atoms with van der Waals surface area (Å²) in [6, 6.07) is 7.31. The van der Waals surface area contributed by atoms with Gasteiger partial charge in [0.05, 0.1) is 0 Å². The summed E-state index contributed by atoms with van der Waals surface area (Å²) in [5.41, 5.74) is -2.23. The van der Waals surface area contributed by atoms with Crippen molar-refractivity contribution in [3.8, 4) is 0 Å². The molecular weight excluding hydrogens is 407 g/mol. The van der Waals surface area contributed by atoms with E-state index in [4.69, 9.17) is 11.6 Å². The highest BCUT2D eigenvalue weighted by atomic mass is 35.5. The van der Waals surface area contributed by atoms with Crippen LogP contribution in [0.3, 0.4) is 0 Å². The van der Waals surface area contributed by atoms with Crippen LogP contribution in [-0.4, -0.2) is 51.8 Å². The average molecular weight is 432 g/mol. The van der Waals surface area contributed by atoms with Gasteiger partial charge in [-0.05, 0) is 18.6 Å². The molecule has 0 radical (unpaired) electrons. The number of hydrogen-bond donors (Lipinski definition) is 2. The van der Waals surface area contributed by atoms with E-state index in [1.165, 1.54) is 19.4 Å². The lowest BCUT2D eigenvalue weighted by atomic mass is 9.98. The van der Waals surface area contributed by atoms with E-state index in [2.05, 4.69) is 15.3 Å². The van der Waals surface area contributed by atoms with E-state index in [-0.39, 0.29) is 6.54 Å². The van der Waals surface area contributed by atoms with Crippen LogP contribution in [0.4, 0.5) is 13.2 Å². The lowest BCUT2D eigenvalue weighted by Crippen LogP contribution is -2.45. The molecule has 0 amide bonds. The maximum Gasteiger partial charge on any atom is 0.424 e. The van der Waals surface area contributed by atoms with E-state index >= 15 is 0 Å². The molecule has 10 heteroatoms. The summed E-state index contributed by atoms with van der Waals surface area (Å²) in [6.07, 6.45) is -2.97. The summed E-state index contributed by atoms with van der Waals surface area (Å²) < 4.78 is 42.0. The summed E-state index contributed by atoms with van der Waals surface area (Å²) in [5.74, 6) is -0.0496. The van der Waals surface area contributed by atoms with E-state index in [0.717, 1.165) is 10.1 Å². The molecule has 0 spiro atoms. The molecule has 0 aliphatic heterocycles. The molecule has 0 saturated carbocycles. The Morgan fingerprint density at radius 3 is 2.59 bits per heavy atom. The van der Waals surface area contributed by atoms with Gasteiger partial charge in [-0.25, -0.2) is 4.98 Å². The van der Waals surface area contributed by atoms with Crippen molar-refractivity contribution >= 4 is 17.6 Å². The van der Waals surface area contributed by atoms with E-state index in [9.17, 15) is 18.3 Å². The molecule has 0 aliphatic carbocycles. The lowest BCUT2D eigenvalue weighted by molar-refractivity contribution is -0.272. The molecule has 2 rings (SSSR count). The van der Waals surface area contributed by atoms with Crippen LogP contribution in [0.15, 0.2) is 41.7 Å². The maximum absolute atomic E-state index is 13.6. The topological polar surface area (TPSA) is 65.7 Å². The summed E-state index contributed by atoms with van der Waals surface area (Å²) in [4.78, 5) is 9.72. The zero-order valence-corrected chi connectivity index (χ0v) is 17.3. The van der Waals surface area contributed by atoms with E-state index < -0.39 is 24.0 Å². The van der Waals surface area contributed by atoms with Crippen molar-refractivity contribution < 1.29 is 18.3 Å². The number of aromatic nitrogens is 2. The van der Waals surface area contributed by atoms with Crippen LogP contribution in [-0.2, 0) is 19.2 Å². The van der Waals surface area contributed by atoms with Crippen molar-refractivity contribution in [3.63, 3.8) is 0 Å². The summed E-state index contributed by atoms with van der Waals surface area (Å²) in [7, 11) is 3.17. The number of aryl methyl sites for hydroxylation is 1. The fraction of sp³-hybridized carbons (Fsp3) is 0.474. The van der Waals surface area contributed by atoms with Crippen molar-refractivity contribution in [1.82, 2.24) is 19.8 Å². The molecule has 0 fully saturated rings. The van der Waals surface area contributed by atoms with Crippen molar-refractivity contribution in [2.24, 2.45) is 12.0 Å². The van der Waals surface area contributed by atoms with Gasteiger partial charge in [0.2, 0.25) is 5.60 Å². The standard InChI is InChI=1S/C19H25ClF3N5O/c1-4-24-17(28(3)13-14-7-5-6-8-15(14)20)26-10-9-18(29,19(21,22)23)16-25-11-12-27(16)2/h5-8,11-12,29H,4,9-10,13H2,1-3H3,(H,24,26). The van der Waals surface area contributed by atoms with Crippen LogP contribution in [0.25, 0.3) is 0 Å². The third kappa shape index (κ3) is 5.42. The number of halogens is 4. The average Bonchev–Trinajstić information content (AvgIpc) is 3.08. The number of benzene rings is 1. The minimum Gasteiger partial charge on any atom is -0.374 e. The normalized spacial score (nSPS) is 14.6. The molecule has 1 unspecified atom stereocenters. The van der Waals surface area contributed by atoms with Crippen molar-refractivity contribution in [2.75, 3.05) is 20.1 Å². The number of imidazole rings is 1. The molecule has 29 heavy (non-hydrogen) atoms. The number of aliphatic hydroxyl groups is 1. The molecule has 160 valence electrons. The Balaban J connectivity index is 2.18. The Kier molecular flexibility index (Phi) is 7.54. The molecule has 1 aromatic heterocycles. The monoisotopic (exact) mass is 431 g/mol.